The van der Waals surface area contributed by atoms with E-state index < -0.39 is 5.41 Å². The van der Waals surface area contributed by atoms with Gasteiger partial charge in [-0.15, -0.1) is 0 Å². The van der Waals surface area contributed by atoms with E-state index in [1.54, 1.807) is 52.0 Å². The van der Waals surface area contributed by atoms with E-state index in [4.69, 9.17) is 17.0 Å². The van der Waals surface area contributed by atoms with E-state index in [1.165, 1.54) is 0 Å². The first-order valence-electron chi connectivity index (χ1n) is 6.63. The van der Waals surface area contributed by atoms with Crippen molar-refractivity contribution in [3.8, 4) is 0 Å². The average Bonchev–Trinajstić information content (AvgIpc) is 2.38. The Morgan fingerprint density at radius 1 is 1.19 bits per heavy atom. The van der Waals surface area contributed by atoms with Crippen LogP contribution in [0.5, 0.6) is 0 Å². The Kier molecular flexibility index (Phi) is 5.84. The maximum atomic E-state index is 11.8. The quantitative estimate of drug-likeness (QED) is 0.664. The zero-order valence-electron chi connectivity index (χ0n) is 12.6. The van der Waals surface area contributed by atoms with Gasteiger partial charge < -0.3 is 15.4 Å². The van der Waals surface area contributed by atoms with Crippen LogP contribution in [0.15, 0.2) is 24.3 Å². The molecule has 1 rings (SSSR count). The van der Waals surface area contributed by atoms with Gasteiger partial charge in [0.15, 0.2) is 5.11 Å². The van der Waals surface area contributed by atoms with Crippen LogP contribution in [-0.4, -0.2) is 23.6 Å². The van der Waals surface area contributed by atoms with Crippen LogP contribution < -0.4 is 10.6 Å². The van der Waals surface area contributed by atoms with Gasteiger partial charge in [0.1, 0.15) is 0 Å². The van der Waals surface area contributed by atoms with Crippen molar-refractivity contribution >= 4 is 34.9 Å². The van der Waals surface area contributed by atoms with Crippen molar-refractivity contribution < 1.29 is 14.3 Å². The molecule has 6 heteroatoms. The van der Waals surface area contributed by atoms with Crippen LogP contribution in [0.4, 0.5) is 5.69 Å². The Labute approximate surface area is 130 Å². The van der Waals surface area contributed by atoms with Crippen LogP contribution in [0.1, 0.15) is 38.1 Å². The summed E-state index contributed by atoms with van der Waals surface area (Å²) in [6, 6.07) is 6.66. The molecule has 2 N–H and O–H groups in total. The highest BCUT2D eigenvalue weighted by atomic mass is 32.1. The summed E-state index contributed by atoms with van der Waals surface area (Å²) < 4.78 is 4.90. The molecule has 0 aliphatic carbocycles. The molecular weight excluding hydrogens is 288 g/mol. The van der Waals surface area contributed by atoms with Gasteiger partial charge in [0.2, 0.25) is 5.91 Å². The number of benzene rings is 1. The number of amides is 1. The minimum absolute atomic E-state index is 0.164. The van der Waals surface area contributed by atoms with Gasteiger partial charge in [-0.1, -0.05) is 20.8 Å². The molecule has 0 unspecified atom stereocenters. The summed E-state index contributed by atoms with van der Waals surface area (Å²) >= 11 is 5.07. The summed E-state index contributed by atoms with van der Waals surface area (Å²) in [5, 5.41) is 5.73. The third-order valence-corrected chi connectivity index (χ3v) is 2.77. The number of carbonyl (C=O) groups is 2. The van der Waals surface area contributed by atoms with Crippen molar-refractivity contribution in [2.45, 2.75) is 27.7 Å². The lowest BCUT2D eigenvalue weighted by atomic mass is 9.96. The van der Waals surface area contributed by atoms with E-state index in [0.29, 0.717) is 17.9 Å². The highest BCUT2D eigenvalue weighted by Gasteiger charge is 2.21. The summed E-state index contributed by atoms with van der Waals surface area (Å²) in [4.78, 5) is 23.3. The van der Waals surface area contributed by atoms with Gasteiger partial charge in [-0.3, -0.25) is 4.79 Å². The second kappa shape index (κ2) is 7.17. The van der Waals surface area contributed by atoms with Gasteiger partial charge in [-0.05, 0) is 43.4 Å². The first-order chi connectivity index (χ1) is 9.74. The lowest BCUT2D eigenvalue weighted by molar-refractivity contribution is -0.126. The molecule has 0 saturated carbocycles. The number of hydrogen-bond donors (Lipinski definition) is 2. The maximum Gasteiger partial charge on any atom is 0.338 e. The summed E-state index contributed by atoms with van der Waals surface area (Å²) in [6.45, 7) is 7.50. The van der Waals surface area contributed by atoms with Crippen molar-refractivity contribution in [1.29, 1.82) is 0 Å². The standard InChI is InChI=1S/C15H20N2O3S/c1-5-20-12(18)10-6-8-11(9-7-10)16-14(21)17-13(19)15(2,3)4/h6-9H,5H2,1-4H3,(H2,16,17,19,21). The van der Waals surface area contributed by atoms with Gasteiger partial charge in [-0.2, -0.15) is 0 Å². The Hall–Kier alpha value is -1.95. The van der Waals surface area contributed by atoms with E-state index in [0.717, 1.165) is 0 Å². The molecule has 0 spiro atoms. The molecule has 5 nitrogen and oxygen atoms in total. The number of thiocarbonyl (C=S) groups is 1. The number of nitrogens with one attached hydrogen (secondary N) is 2. The molecule has 1 aromatic rings. The molecule has 0 bridgehead atoms. The van der Waals surface area contributed by atoms with Crippen LogP contribution in [-0.2, 0) is 9.53 Å². The molecule has 0 aliphatic heterocycles. The predicted molar refractivity (Wildman–Crippen MR) is 86.2 cm³/mol. The Morgan fingerprint density at radius 3 is 2.24 bits per heavy atom. The highest BCUT2D eigenvalue weighted by Crippen LogP contribution is 2.13. The van der Waals surface area contributed by atoms with E-state index in [-0.39, 0.29) is 17.0 Å². The van der Waals surface area contributed by atoms with Crippen LogP contribution >= 0.6 is 12.2 Å². The minimum atomic E-state index is -0.514. The molecule has 0 atom stereocenters. The predicted octanol–water partition coefficient (Wildman–Crippen LogP) is 2.72. The smallest absolute Gasteiger partial charge is 0.338 e. The second-order valence-corrected chi connectivity index (χ2v) is 5.86. The zero-order chi connectivity index (χ0) is 16.0. The van der Waals surface area contributed by atoms with E-state index in [1.807, 2.05) is 0 Å². The lowest BCUT2D eigenvalue weighted by Crippen LogP contribution is -2.41. The Bertz CT molecular complexity index is 533. The van der Waals surface area contributed by atoms with Crippen LogP contribution in [0.2, 0.25) is 0 Å². The van der Waals surface area contributed by atoms with Crippen molar-refractivity contribution in [3.63, 3.8) is 0 Å². The van der Waals surface area contributed by atoms with Gasteiger partial charge in [0, 0.05) is 11.1 Å². The number of carbonyl (C=O) groups excluding carboxylic acids is 2. The fourth-order valence-corrected chi connectivity index (χ4v) is 1.57. The third-order valence-electron chi connectivity index (χ3n) is 2.56. The number of anilines is 1. The third kappa shape index (κ3) is 5.51. The summed E-state index contributed by atoms with van der Waals surface area (Å²) in [5.74, 6) is -0.532. The molecule has 21 heavy (non-hydrogen) atoms. The Balaban J connectivity index is 2.62. The SMILES string of the molecule is CCOC(=O)c1ccc(NC(=S)NC(=O)C(C)(C)C)cc1. The van der Waals surface area contributed by atoms with E-state index in [2.05, 4.69) is 10.6 Å². The number of ether oxygens (including phenoxy) is 1. The second-order valence-electron chi connectivity index (χ2n) is 5.46. The average molecular weight is 308 g/mol. The van der Waals surface area contributed by atoms with Crippen LogP contribution in [0.25, 0.3) is 0 Å². The normalized spacial score (nSPS) is 10.7. The minimum Gasteiger partial charge on any atom is -0.462 e. The molecule has 1 aromatic carbocycles. The van der Waals surface area contributed by atoms with Gasteiger partial charge in [0.25, 0.3) is 0 Å². The van der Waals surface area contributed by atoms with Gasteiger partial charge >= 0.3 is 5.97 Å². The van der Waals surface area contributed by atoms with Gasteiger partial charge in [0.05, 0.1) is 12.2 Å². The first-order valence-corrected chi connectivity index (χ1v) is 7.04. The summed E-state index contributed by atoms with van der Waals surface area (Å²) in [6.07, 6.45) is 0. The lowest BCUT2D eigenvalue weighted by Gasteiger charge is -2.18. The largest absolute Gasteiger partial charge is 0.462 e. The molecule has 0 saturated heterocycles. The van der Waals surface area contributed by atoms with E-state index in [9.17, 15) is 9.59 Å². The van der Waals surface area contributed by atoms with E-state index >= 15 is 0 Å². The fraction of sp³-hybridized carbons (Fsp3) is 0.400. The van der Waals surface area contributed by atoms with Crippen molar-refractivity contribution in [3.05, 3.63) is 29.8 Å². The number of rotatable bonds is 3. The summed E-state index contributed by atoms with van der Waals surface area (Å²) in [5.41, 5.74) is 0.633. The molecule has 0 aliphatic rings. The molecule has 0 radical (unpaired) electrons. The number of esters is 1. The fourth-order valence-electron chi connectivity index (χ4n) is 1.36. The van der Waals surface area contributed by atoms with Crippen LogP contribution in [0, 0.1) is 5.41 Å². The van der Waals surface area contributed by atoms with Crippen molar-refractivity contribution in [2.75, 3.05) is 11.9 Å². The van der Waals surface area contributed by atoms with Gasteiger partial charge in [-0.25, -0.2) is 4.79 Å². The molecule has 0 heterocycles. The Morgan fingerprint density at radius 2 is 1.76 bits per heavy atom. The monoisotopic (exact) mass is 308 g/mol. The summed E-state index contributed by atoms with van der Waals surface area (Å²) in [7, 11) is 0. The molecular formula is C15H20N2O3S. The molecule has 114 valence electrons. The maximum absolute atomic E-state index is 11.8. The highest BCUT2D eigenvalue weighted by molar-refractivity contribution is 7.80. The van der Waals surface area contributed by atoms with Crippen LogP contribution in [0.3, 0.4) is 0 Å². The molecule has 0 fully saturated rings. The zero-order valence-corrected chi connectivity index (χ0v) is 13.5. The van der Waals surface area contributed by atoms with Crippen molar-refractivity contribution in [1.82, 2.24) is 5.32 Å². The first kappa shape index (κ1) is 17.1. The number of hydrogen-bond acceptors (Lipinski definition) is 4. The topological polar surface area (TPSA) is 67.4 Å². The molecule has 1 amide bonds. The van der Waals surface area contributed by atoms with Crippen molar-refractivity contribution in [2.24, 2.45) is 5.41 Å². The molecule has 0 aromatic heterocycles.